The van der Waals surface area contributed by atoms with Gasteiger partial charge < -0.3 is 14.9 Å². The molecule has 23 heavy (non-hydrogen) atoms. The third-order valence-corrected chi connectivity index (χ3v) is 4.10. The third kappa shape index (κ3) is 4.31. The molecule has 1 unspecified atom stereocenters. The van der Waals surface area contributed by atoms with Gasteiger partial charge in [0.2, 0.25) is 5.91 Å². The zero-order valence-electron chi connectivity index (χ0n) is 13.3. The first-order valence-electron chi connectivity index (χ1n) is 7.87. The van der Waals surface area contributed by atoms with E-state index < -0.39 is 5.97 Å². The smallest absolute Gasteiger partial charge is 0.323 e. The first-order chi connectivity index (χ1) is 11.0. The Morgan fingerprint density at radius 2 is 1.96 bits per heavy atom. The van der Waals surface area contributed by atoms with E-state index in [1.165, 1.54) is 4.90 Å². The molecule has 1 atom stereocenters. The van der Waals surface area contributed by atoms with E-state index >= 15 is 0 Å². The Labute approximate surface area is 135 Å². The zero-order valence-corrected chi connectivity index (χ0v) is 13.3. The Morgan fingerprint density at radius 1 is 1.26 bits per heavy atom. The van der Waals surface area contributed by atoms with Gasteiger partial charge in [0.1, 0.15) is 6.54 Å². The molecule has 0 saturated carbocycles. The van der Waals surface area contributed by atoms with Gasteiger partial charge in [-0.25, -0.2) is 0 Å². The fraction of sp³-hybridized carbons (Fsp3) is 0.471. The lowest BCUT2D eigenvalue weighted by molar-refractivity contribution is -0.146. The van der Waals surface area contributed by atoms with Gasteiger partial charge in [0.05, 0.1) is 5.92 Å². The van der Waals surface area contributed by atoms with Crippen LogP contribution in [0.3, 0.4) is 0 Å². The molecule has 1 fully saturated rings. The Kier molecular flexibility index (Phi) is 5.73. The fourth-order valence-electron chi connectivity index (χ4n) is 2.89. The molecule has 1 aliphatic rings. The standard InChI is InChI=1S/C17H22N2O4/c1-2-18(12-15(20)21)17(23)14-9-6-10-19(11-14)16(22)13-7-4-3-5-8-13/h3-5,7-8,14H,2,6,9-12H2,1H3,(H,20,21). The number of carboxylic acids is 1. The minimum absolute atomic E-state index is 0.0793. The molecular weight excluding hydrogens is 296 g/mol. The van der Waals surface area contributed by atoms with Gasteiger partial charge in [-0.2, -0.15) is 0 Å². The monoisotopic (exact) mass is 318 g/mol. The van der Waals surface area contributed by atoms with Gasteiger partial charge in [-0.1, -0.05) is 18.2 Å². The minimum Gasteiger partial charge on any atom is -0.480 e. The largest absolute Gasteiger partial charge is 0.480 e. The van der Waals surface area contributed by atoms with Crippen molar-refractivity contribution >= 4 is 17.8 Å². The number of carbonyl (C=O) groups excluding carboxylic acids is 2. The number of carboxylic acid groups (broad SMARTS) is 1. The molecule has 0 aromatic heterocycles. The number of likely N-dealkylation sites (N-methyl/N-ethyl adjacent to an activating group) is 1. The zero-order chi connectivity index (χ0) is 16.8. The number of nitrogens with zero attached hydrogens (tertiary/aromatic N) is 2. The molecule has 0 bridgehead atoms. The minimum atomic E-state index is -1.02. The summed E-state index contributed by atoms with van der Waals surface area (Å²) in [4.78, 5) is 38.9. The fourth-order valence-corrected chi connectivity index (χ4v) is 2.89. The summed E-state index contributed by atoms with van der Waals surface area (Å²) in [6.07, 6.45) is 1.44. The molecule has 124 valence electrons. The number of carbonyl (C=O) groups is 3. The van der Waals surface area contributed by atoms with Gasteiger partial charge in [0.15, 0.2) is 0 Å². The lowest BCUT2D eigenvalue weighted by Gasteiger charge is -2.34. The van der Waals surface area contributed by atoms with Crippen molar-refractivity contribution in [3.05, 3.63) is 35.9 Å². The first kappa shape index (κ1) is 17.0. The highest BCUT2D eigenvalue weighted by atomic mass is 16.4. The van der Waals surface area contributed by atoms with Gasteiger partial charge >= 0.3 is 5.97 Å². The van der Waals surface area contributed by atoms with E-state index in [0.29, 0.717) is 31.6 Å². The Bertz CT molecular complexity index is 573. The molecule has 2 rings (SSSR count). The second-order valence-electron chi connectivity index (χ2n) is 5.70. The number of rotatable bonds is 5. The molecule has 1 aliphatic heterocycles. The van der Waals surface area contributed by atoms with Crippen LogP contribution in [0.1, 0.15) is 30.1 Å². The van der Waals surface area contributed by atoms with Crippen molar-refractivity contribution in [3.63, 3.8) is 0 Å². The molecule has 6 heteroatoms. The lowest BCUT2D eigenvalue weighted by atomic mass is 9.95. The van der Waals surface area contributed by atoms with E-state index in [1.807, 2.05) is 18.2 Å². The maximum absolute atomic E-state index is 12.5. The summed E-state index contributed by atoms with van der Waals surface area (Å²) in [7, 11) is 0. The van der Waals surface area contributed by atoms with Gasteiger partial charge in [-0.15, -0.1) is 0 Å². The molecule has 0 radical (unpaired) electrons. The third-order valence-electron chi connectivity index (χ3n) is 4.10. The van der Waals surface area contributed by atoms with Gasteiger partial charge in [-0.05, 0) is 31.9 Å². The van der Waals surface area contributed by atoms with Crippen LogP contribution < -0.4 is 0 Å². The average Bonchev–Trinajstić information content (AvgIpc) is 2.59. The van der Waals surface area contributed by atoms with Crippen LogP contribution in [0.5, 0.6) is 0 Å². The molecule has 1 aromatic carbocycles. The number of hydrogen-bond donors (Lipinski definition) is 1. The Hall–Kier alpha value is -2.37. The highest BCUT2D eigenvalue weighted by Gasteiger charge is 2.31. The SMILES string of the molecule is CCN(CC(=O)O)C(=O)C1CCCN(C(=O)c2ccccc2)C1. The summed E-state index contributed by atoms with van der Waals surface area (Å²) >= 11 is 0. The molecule has 2 amide bonds. The van der Waals surface area contributed by atoms with Crippen molar-refractivity contribution in [2.24, 2.45) is 5.92 Å². The van der Waals surface area contributed by atoms with Crippen LogP contribution in [0.2, 0.25) is 0 Å². The van der Waals surface area contributed by atoms with Crippen molar-refractivity contribution in [2.45, 2.75) is 19.8 Å². The van der Waals surface area contributed by atoms with Crippen LogP contribution in [0, 0.1) is 5.92 Å². The number of likely N-dealkylation sites (tertiary alicyclic amines) is 1. The number of piperidine rings is 1. The van der Waals surface area contributed by atoms with E-state index in [4.69, 9.17) is 5.11 Å². The molecule has 1 heterocycles. The van der Waals surface area contributed by atoms with Crippen molar-refractivity contribution < 1.29 is 19.5 Å². The molecule has 0 aliphatic carbocycles. The molecular formula is C17H22N2O4. The summed E-state index contributed by atoms with van der Waals surface area (Å²) in [6.45, 7) is 2.80. The quantitative estimate of drug-likeness (QED) is 0.892. The summed E-state index contributed by atoms with van der Waals surface area (Å²) in [5.74, 6) is -1.60. The number of hydrogen-bond acceptors (Lipinski definition) is 3. The van der Waals surface area contributed by atoms with Gasteiger partial charge in [-0.3, -0.25) is 14.4 Å². The van der Waals surface area contributed by atoms with E-state index in [1.54, 1.807) is 24.0 Å². The van der Waals surface area contributed by atoms with Gasteiger partial charge in [0.25, 0.3) is 5.91 Å². The van der Waals surface area contributed by atoms with Crippen LogP contribution in [0.15, 0.2) is 30.3 Å². The molecule has 0 spiro atoms. The summed E-state index contributed by atoms with van der Waals surface area (Å²) in [6, 6.07) is 8.99. The maximum atomic E-state index is 12.5. The van der Waals surface area contributed by atoms with Crippen LogP contribution in [0.25, 0.3) is 0 Å². The van der Waals surface area contributed by atoms with Crippen molar-refractivity contribution in [3.8, 4) is 0 Å². The maximum Gasteiger partial charge on any atom is 0.323 e. The average molecular weight is 318 g/mol. The summed E-state index contributed by atoms with van der Waals surface area (Å²) in [5.41, 5.74) is 0.610. The number of amides is 2. The van der Waals surface area contributed by atoms with E-state index in [0.717, 1.165) is 6.42 Å². The van der Waals surface area contributed by atoms with Gasteiger partial charge in [0, 0.05) is 25.2 Å². The van der Waals surface area contributed by atoms with Crippen LogP contribution >= 0.6 is 0 Å². The second kappa shape index (κ2) is 7.76. The van der Waals surface area contributed by atoms with Crippen molar-refractivity contribution in [1.82, 2.24) is 9.80 Å². The first-order valence-corrected chi connectivity index (χ1v) is 7.87. The van der Waals surface area contributed by atoms with Crippen molar-refractivity contribution in [2.75, 3.05) is 26.2 Å². The predicted molar refractivity (Wildman–Crippen MR) is 85.0 cm³/mol. The number of aliphatic carboxylic acids is 1. The van der Waals surface area contributed by atoms with Crippen LogP contribution in [-0.4, -0.2) is 58.9 Å². The van der Waals surface area contributed by atoms with E-state index in [-0.39, 0.29) is 24.3 Å². The van der Waals surface area contributed by atoms with Crippen molar-refractivity contribution in [1.29, 1.82) is 0 Å². The lowest BCUT2D eigenvalue weighted by Crippen LogP contribution is -2.47. The molecule has 6 nitrogen and oxygen atoms in total. The van der Waals surface area contributed by atoms with E-state index in [9.17, 15) is 14.4 Å². The highest BCUT2D eigenvalue weighted by Crippen LogP contribution is 2.20. The molecule has 1 aromatic rings. The molecule has 1 N–H and O–H groups in total. The highest BCUT2D eigenvalue weighted by molar-refractivity contribution is 5.94. The molecule has 1 saturated heterocycles. The van der Waals surface area contributed by atoms with Crippen LogP contribution in [0.4, 0.5) is 0 Å². The Morgan fingerprint density at radius 3 is 2.57 bits per heavy atom. The summed E-state index contributed by atoms with van der Waals surface area (Å²) < 4.78 is 0. The topological polar surface area (TPSA) is 77.9 Å². The van der Waals surface area contributed by atoms with E-state index in [2.05, 4.69) is 0 Å². The summed E-state index contributed by atoms with van der Waals surface area (Å²) in [5, 5.41) is 8.89. The number of benzene rings is 1. The predicted octanol–water partition coefficient (Wildman–Crippen LogP) is 1.47. The normalized spacial score (nSPS) is 17.6. The second-order valence-corrected chi connectivity index (χ2v) is 5.70. The Balaban J connectivity index is 2.04. The van der Waals surface area contributed by atoms with Crippen LogP contribution in [-0.2, 0) is 9.59 Å².